The summed E-state index contributed by atoms with van der Waals surface area (Å²) in [4.78, 5) is 18.6. The number of ether oxygens (including phenoxy) is 2. The summed E-state index contributed by atoms with van der Waals surface area (Å²) in [6.45, 7) is 1.69. The highest BCUT2D eigenvalue weighted by Crippen LogP contribution is 2.38. The number of hydrogen-bond acceptors (Lipinski definition) is 6. The number of nitrogens with zero attached hydrogens (tertiary/aromatic N) is 3. The first-order valence-electron chi connectivity index (χ1n) is 9.17. The average Bonchev–Trinajstić information content (AvgIpc) is 3.44. The maximum atomic E-state index is 12.4. The lowest BCUT2D eigenvalue weighted by molar-refractivity contribution is -0.137. The third-order valence-electron chi connectivity index (χ3n) is 4.69. The molecule has 0 radical (unpaired) electrons. The standard InChI is InChI=1S/C19H23N3O4/c23-18(13-25-15-5-2-1-3-6-15)22-10-4-7-16(11-22)24-12-17-20-19(26-21-17)14-8-9-14/h1-3,5-6,14,16H,4,7-13H2. The Bertz CT molecular complexity index is 729. The topological polar surface area (TPSA) is 77.7 Å². The summed E-state index contributed by atoms with van der Waals surface area (Å²) in [5, 5.41) is 3.97. The van der Waals surface area contributed by atoms with Crippen molar-refractivity contribution in [2.45, 2.75) is 44.3 Å². The maximum Gasteiger partial charge on any atom is 0.260 e. The van der Waals surface area contributed by atoms with Crippen LogP contribution >= 0.6 is 0 Å². The molecule has 4 rings (SSSR count). The van der Waals surface area contributed by atoms with Gasteiger partial charge < -0.3 is 18.9 Å². The van der Waals surface area contributed by atoms with Crippen LogP contribution in [-0.4, -0.2) is 46.7 Å². The fourth-order valence-corrected chi connectivity index (χ4v) is 3.07. The van der Waals surface area contributed by atoms with Gasteiger partial charge in [0.1, 0.15) is 12.4 Å². The highest BCUT2D eigenvalue weighted by Gasteiger charge is 2.30. The minimum absolute atomic E-state index is 0.00713. The Hall–Kier alpha value is -2.41. The molecule has 7 nitrogen and oxygen atoms in total. The molecule has 2 aliphatic rings. The number of carbonyl (C=O) groups excluding carboxylic acids is 1. The van der Waals surface area contributed by atoms with E-state index in [1.54, 1.807) is 0 Å². The fourth-order valence-electron chi connectivity index (χ4n) is 3.07. The number of hydrogen-bond donors (Lipinski definition) is 0. The van der Waals surface area contributed by atoms with Crippen molar-refractivity contribution in [1.82, 2.24) is 15.0 Å². The average molecular weight is 357 g/mol. The quantitative estimate of drug-likeness (QED) is 0.758. The Morgan fingerprint density at radius 2 is 2.08 bits per heavy atom. The SMILES string of the molecule is O=C(COc1ccccc1)N1CCCC(OCc2noc(C3CC3)n2)C1. The largest absolute Gasteiger partial charge is 0.484 e. The summed E-state index contributed by atoms with van der Waals surface area (Å²) in [6, 6.07) is 9.37. The molecule has 1 amide bonds. The number of benzene rings is 1. The van der Waals surface area contributed by atoms with Crippen molar-refractivity contribution in [2.24, 2.45) is 0 Å². The predicted octanol–water partition coefficient (Wildman–Crippen LogP) is 2.53. The molecular formula is C19H23N3O4. The molecule has 2 aromatic rings. The van der Waals surface area contributed by atoms with Crippen LogP contribution in [0.5, 0.6) is 5.75 Å². The lowest BCUT2D eigenvalue weighted by atomic mass is 10.1. The second-order valence-electron chi connectivity index (χ2n) is 6.84. The van der Waals surface area contributed by atoms with Gasteiger partial charge in [-0.2, -0.15) is 4.98 Å². The Kier molecular flexibility index (Phi) is 5.15. The second kappa shape index (κ2) is 7.86. The molecule has 2 fully saturated rings. The third kappa shape index (κ3) is 4.40. The second-order valence-corrected chi connectivity index (χ2v) is 6.84. The van der Waals surface area contributed by atoms with Gasteiger partial charge in [-0.25, -0.2) is 0 Å². The number of para-hydroxylation sites is 1. The molecule has 1 unspecified atom stereocenters. The van der Waals surface area contributed by atoms with Crippen LogP contribution in [0.25, 0.3) is 0 Å². The summed E-state index contributed by atoms with van der Waals surface area (Å²) < 4.78 is 16.7. The molecule has 1 aromatic heterocycles. The van der Waals surface area contributed by atoms with E-state index in [1.807, 2.05) is 35.2 Å². The Morgan fingerprint density at radius 1 is 1.23 bits per heavy atom. The molecule has 2 heterocycles. The number of carbonyl (C=O) groups is 1. The van der Waals surface area contributed by atoms with Gasteiger partial charge in [0.05, 0.1) is 6.10 Å². The van der Waals surface area contributed by atoms with Gasteiger partial charge in [-0.15, -0.1) is 0 Å². The summed E-state index contributed by atoms with van der Waals surface area (Å²) in [5.41, 5.74) is 0. The van der Waals surface area contributed by atoms with Crippen LogP contribution in [0.4, 0.5) is 0 Å². The molecule has 1 saturated heterocycles. The molecule has 0 bridgehead atoms. The van der Waals surface area contributed by atoms with Crippen molar-refractivity contribution in [3.63, 3.8) is 0 Å². The molecule has 1 aromatic carbocycles. The summed E-state index contributed by atoms with van der Waals surface area (Å²) in [5.74, 6) is 2.44. The van der Waals surface area contributed by atoms with Crippen molar-refractivity contribution in [1.29, 1.82) is 0 Å². The van der Waals surface area contributed by atoms with Gasteiger partial charge in [-0.05, 0) is 37.8 Å². The number of aromatic nitrogens is 2. The van der Waals surface area contributed by atoms with E-state index < -0.39 is 0 Å². The van der Waals surface area contributed by atoms with Crippen molar-refractivity contribution in [2.75, 3.05) is 19.7 Å². The van der Waals surface area contributed by atoms with Gasteiger partial charge in [0, 0.05) is 19.0 Å². The zero-order chi connectivity index (χ0) is 17.8. The monoisotopic (exact) mass is 357 g/mol. The van der Waals surface area contributed by atoms with Crippen LogP contribution in [0.3, 0.4) is 0 Å². The smallest absolute Gasteiger partial charge is 0.260 e. The molecule has 1 aliphatic carbocycles. The van der Waals surface area contributed by atoms with E-state index in [2.05, 4.69) is 10.1 Å². The predicted molar refractivity (Wildman–Crippen MR) is 92.6 cm³/mol. The lowest BCUT2D eigenvalue weighted by Crippen LogP contribution is -2.45. The van der Waals surface area contributed by atoms with E-state index in [0.717, 1.165) is 38.1 Å². The van der Waals surface area contributed by atoms with Gasteiger partial charge >= 0.3 is 0 Å². The number of rotatable bonds is 7. The van der Waals surface area contributed by atoms with E-state index in [-0.39, 0.29) is 18.6 Å². The normalized spacial score (nSPS) is 20.2. The minimum atomic E-state index is -0.0160. The van der Waals surface area contributed by atoms with Crippen LogP contribution in [0.1, 0.15) is 43.3 Å². The van der Waals surface area contributed by atoms with E-state index >= 15 is 0 Å². The summed E-state index contributed by atoms with van der Waals surface area (Å²) in [6.07, 6.45) is 4.10. The van der Waals surface area contributed by atoms with Gasteiger partial charge in [0.25, 0.3) is 5.91 Å². The van der Waals surface area contributed by atoms with Crippen LogP contribution in [0.2, 0.25) is 0 Å². The number of amides is 1. The number of piperidine rings is 1. The molecule has 26 heavy (non-hydrogen) atoms. The van der Waals surface area contributed by atoms with Crippen LogP contribution in [-0.2, 0) is 16.1 Å². The van der Waals surface area contributed by atoms with Crippen molar-refractivity contribution >= 4 is 5.91 Å². The molecule has 1 atom stereocenters. The first-order valence-corrected chi connectivity index (χ1v) is 9.17. The first-order chi connectivity index (χ1) is 12.8. The van der Waals surface area contributed by atoms with Crippen molar-refractivity contribution < 1.29 is 18.8 Å². The van der Waals surface area contributed by atoms with Crippen LogP contribution in [0, 0.1) is 0 Å². The summed E-state index contributed by atoms with van der Waals surface area (Å²) in [7, 11) is 0. The zero-order valence-electron chi connectivity index (χ0n) is 14.7. The van der Waals surface area contributed by atoms with Crippen LogP contribution < -0.4 is 4.74 Å². The molecule has 1 saturated carbocycles. The Morgan fingerprint density at radius 3 is 2.88 bits per heavy atom. The highest BCUT2D eigenvalue weighted by atomic mass is 16.5. The molecule has 1 aliphatic heterocycles. The number of likely N-dealkylation sites (tertiary alicyclic amines) is 1. The van der Waals surface area contributed by atoms with Gasteiger partial charge in [-0.1, -0.05) is 23.4 Å². The highest BCUT2D eigenvalue weighted by molar-refractivity contribution is 5.77. The van der Waals surface area contributed by atoms with E-state index in [4.69, 9.17) is 14.0 Å². The van der Waals surface area contributed by atoms with Crippen molar-refractivity contribution in [3.05, 3.63) is 42.0 Å². The zero-order valence-corrected chi connectivity index (χ0v) is 14.7. The Balaban J connectivity index is 1.23. The molecule has 7 heteroatoms. The van der Waals surface area contributed by atoms with E-state index in [9.17, 15) is 4.79 Å². The summed E-state index contributed by atoms with van der Waals surface area (Å²) >= 11 is 0. The van der Waals surface area contributed by atoms with Crippen molar-refractivity contribution in [3.8, 4) is 5.75 Å². The molecule has 0 spiro atoms. The third-order valence-corrected chi connectivity index (χ3v) is 4.69. The van der Waals surface area contributed by atoms with E-state index in [0.29, 0.717) is 30.6 Å². The van der Waals surface area contributed by atoms with Gasteiger partial charge in [-0.3, -0.25) is 4.79 Å². The maximum absolute atomic E-state index is 12.4. The lowest BCUT2D eigenvalue weighted by Gasteiger charge is -2.32. The van der Waals surface area contributed by atoms with Crippen LogP contribution in [0.15, 0.2) is 34.9 Å². The molecule has 0 N–H and O–H groups in total. The van der Waals surface area contributed by atoms with E-state index in [1.165, 1.54) is 0 Å². The molecular weight excluding hydrogens is 334 g/mol. The first kappa shape index (κ1) is 17.0. The van der Waals surface area contributed by atoms with Gasteiger partial charge in [0.15, 0.2) is 12.4 Å². The minimum Gasteiger partial charge on any atom is -0.484 e. The van der Waals surface area contributed by atoms with Gasteiger partial charge in [0.2, 0.25) is 5.89 Å². The Labute approximate surface area is 152 Å². The fraction of sp³-hybridized carbons (Fsp3) is 0.526. The molecule has 138 valence electrons.